The highest BCUT2D eigenvalue weighted by atomic mass is 35.5. The normalized spacial score (nSPS) is 17.4. The Labute approximate surface area is 154 Å². The van der Waals surface area contributed by atoms with Crippen molar-refractivity contribution in [2.45, 2.75) is 0 Å². The first-order valence-electron chi connectivity index (χ1n) is 7.39. The molecule has 0 bridgehead atoms. The zero-order valence-electron chi connectivity index (χ0n) is 13.3. The Morgan fingerprint density at radius 3 is 2.48 bits per heavy atom. The fourth-order valence-electron chi connectivity index (χ4n) is 2.22. The summed E-state index contributed by atoms with van der Waals surface area (Å²) in [6.07, 6.45) is 1.77. The van der Waals surface area contributed by atoms with Crippen molar-refractivity contribution in [2.24, 2.45) is 4.99 Å². The van der Waals surface area contributed by atoms with Gasteiger partial charge in [0.05, 0.1) is 17.7 Å². The quantitative estimate of drug-likeness (QED) is 0.758. The molecule has 6 heteroatoms. The summed E-state index contributed by atoms with van der Waals surface area (Å²) in [5.74, 6) is -0.763. The fraction of sp³-hybridized carbons (Fsp3) is 0.0526. The van der Waals surface area contributed by atoms with Crippen molar-refractivity contribution in [3.8, 4) is 0 Å². The number of thioether (sulfide) groups is 1. The van der Waals surface area contributed by atoms with Crippen LogP contribution in [0.25, 0.3) is 6.08 Å². The van der Waals surface area contributed by atoms with Crippen LogP contribution in [-0.4, -0.2) is 23.2 Å². The largest absolute Gasteiger partial charge is 0.506 e. The highest BCUT2D eigenvalue weighted by Crippen LogP contribution is 2.40. The molecule has 2 aromatic rings. The lowest BCUT2D eigenvalue weighted by Crippen LogP contribution is -2.10. The van der Waals surface area contributed by atoms with Gasteiger partial charge in [-0.2, -0.15) is 0 Å². The summed E-state index contributed by atoms with van der Waals surface area (Å²) in [5, 5.41) is 11.5. The van der Waals surface area contributed by atoms with Crippen molar-refractivity contribution < 1.29 is 14.6 Å². The van der Waals surface area contributed by atoms with Gasteiger partial charge in [-0.15, -0.1) is 0 Å². The zero-order valence-corrected chi connectivity index (χ0v) is 14.8. The molecule has 3 rings (SSSR count). The number of rotatable bonds is 3. The number of methoxy groups -OCH3 is 1. The van der Waals surface area contributed by atoms with Gasteiger partial charge in [-0.25, -0.2) is 9.79 Å². The number of ether oxygens (including phenoxy) is 1. The van der Waals surface area contributed by atoms with Crippen LogP contribution in [0.2, 0.25) is 5.02 Å². The summed E-state index contributed by atoms with van der Waals surface area (Å²) >= 11 is 7.11. The Morgan fingerprint density at radius 2 is 1.84 bits per heavy atom. The molecule has 0 saturated carbocycles. The van der Waals surface area contributed by atoms with E-state index in [0.29, 0.717) is 20.7 Å². The highest BCUT2D eigenvalue weighted by molar-refractivity contribution is 8.18. The average Bonchev–Trinajstić information content (AvgIpc) is 2.92. The van der Waals surface area contributed by atoms with E-state index in [4.69, 9.17) is 16.3 Å². The topological polar surface area (TPSA) is 58.9 Å². The van der Waals surface area contributed by atoms with E-state index in [0.717, 1.165) is 5.56 Å². The van der Waals surface area contributed by atoms with Crippen LogP contribution in [0.4, 0.5) is 5.69 Å². The molecule has 0 aliphatic carbocycles. The summed E-state index contributed by atoms with van der Waals surface area (Å²) < 4.78 is 4.79. The van der Waals surface area contributed by atoms with Gasteiger partial charge >= 0.3 is 5.97 Å². The number of aliphatic imine (C=N–C) groups is 1. The second-order valence-electron chi connectivity index (χ2n) is 5.13. The van der Waals surface area contributed by atoms with Crippen LogP contribution < -0.4 is 0 Å². The van der Waals surface area contributed by atoms with Gasteiger partial charge in [0.2, 0.25) is 0 Å². The molecule has 0 aromatic heterocycles. The zero-order chi connectivity index (χ0) is 17.8. The van der Waals surface area contributed by atoms with Gasteiger partial charge in [0.25, 0.3) is 0 Å². The molecule has 0 spiro atoms. The van der Waals surface area contributed by atoms with Crippen LogP contribution in [0.5, 0.6) is 0 Å². The lowest BCUT2D eigenvalue weighted by molar-refractivity contribution is -0.135. The Bertz CT molecular complexity index is 887. The molecular weight excluding hydrogens is 358 g/mol. The molecule has 0 atom stereocenters. The van der Waals surface area contributed by atoms with Crippen LogP contribution in [0.3, 0.4) is 0 Å². The van der Waals surface area contributed by atoms with E-state index in [1.54, 1.807) is 18.2 Å². The van der Waals surface area contributed by atoms with Crippen LogP contribution >= 0.6 is 23.4 Å². The van der Waals surface area contributed by atoms with Crippen molar-refractivity contribution in [1.29, 1.82) is 0 Å². The first kappa shape index (κ1) is 17.3. The molecule has 0 unspecified atom stereocenters. The summed E-state index contributed by atoms with van der Waals surface area (Å²) in [7, 11) is 1.27. The van der Waals surface area contributed by atoms with Gasteiger partial charge in [0, 0.05) is 5.02 Å². The number of hydrogen-bond donors (Lipinski definition) is 1. The Kier molecular flexibility index (Phi) is 5.26. The number of halogens is 1. The lowest BCUT2D eigenvalue weighted by atomic mass is 10.1. The number of nitrogens with zero attached hydrogens (tertiary/aromatic N) is 1. The Hall–Kier alpha value is -2.50. The van der Waals surface area contributed by atoms with Gasteiger partial charge in [-0.05, 0) is 35.9 Å². The van der Waals surface area contributed by atoms with E-state index in [1.165, 1.54) is 18.9 Å². The first-order valence-corrected chi connectivity index (χ1v) is 8.59. The summed E-state index contributed by atoms with van der Waals surface area (Å²) in [5.41, 5.74) is 1.60. The van der Waals surface area contributed by atoms with Crippen LogP contribution in [0.15, 0.2) is 75.8 Å². The number of para-hydroxylation sites is 1. The second-order valence-corrected chi connectivity index (χ2v) is 6.60. The first-order chi connectivity index (χ1) is 12.1. The minimum absolute atomic E-state index is 0.0663. The number of aliphatic hydroxyl groups is 1. The van der Waals surface area contributed by atoms with Gasteiger partial charge in [-0.3, -0.25) is 0 Å². The van der Waals surface area contributed by atoms with Crippen molar-refractivity contribution in [1.82, 2.24) is 0 Å². The minimum atomic E-state index is -0.626. The maximum Gasteiger partial charge on any atom is 0.344 e. The van der Waals surface area contributed by atoms with Gasteiger partial charge in [-0.1, -0.05) is 53.7 Å². The van der Waals surface area contributed by atoms with E-state index in [9.17, 15) is 9.90 Å². The van der Waals surface area contributed by atoms with Crippen molar-refractivity contribution in [2.75, 3.05) is 7.11 Å². The smallest absolute Gasteiger partial charge is 0.344 e. The molecule has 0 radical (unpaired) electrons. The maximum atomic E-state index is 12.1. The van der Waals surface area contributed by atoms with Crippen LogP contribution in [0, 0.1) is 0 Å². The average molecular weight is 372 g/mol. The van der Waals surface area contributed by atoms with E-state index < -0.39 is 5.97 Å². The maximum absolute atomic E-state index is 12.1. The monoisotopic (exact) mass is 371 g/mol. The summed E-state index contributed by atoms with van der Waals surface area (Å²) in [6.45, 7) is 0. The molecule has 0 fully saturated rings. The van der Waals surface area contributed by atoms with E-state index in [-0.39, 0.29) is 11.3 Å². The molecule has 0 saturated heterocycles. The summed E-state index contributed by atoms with van der Waals surface area (Å²) in [4.78, 5) is 17.1. The third-order valence-electron chi connectivity index (χ3n) is 3.43. The predicted molar refractivity (Wildman–Crippen MR) is 102 cm³/mol. The molecule has 25 heavy (non-hydrogen) atoms. The molecule has 1 aliphatic rings. The molecular formula is C19H14ClNO3S. The standard InChI is InChI=1S/C19H14ClNO3S/c1-24-19(23)16-17(22)15(11-12-7-9-13(20)10-8-12)25-18(16)21-14-5-3-2-4-6-14/h2-11,22H,1H3. The number of benzene rings is 2. The molecule has 1 aliphatic heterocycles. The molecule has 1 heterocycles. The van der Waals surface area contributed by atoms with Crippen molar-refractivity contribution in [3.63, 3.8) is 0 Å². The Balaban J connectivity index is 2.03. The SMILES string of the molecule is COC(=O)C1=C(O)C(=Cc2ccc(Cl)cc2)SC1=Nc1ccccc1. The van der Waals surface area contributed by atoms with Gasteiger partial charge < -0.3 is 9.84 Å². The predicted octanol–water partition coefficient (Wildman–Crippen LogP) is 5.14. The van der Waals surface area contributed by atoms with Gasteiger partial charge in [0.1, 0.15) is 16.4 Å². The molecule has 4 nitrogen and oxygen atoms in total. The number of carbonyl (C=O) groups is 1. The number of hydrogen-bond acceptors (Lipinski definition) is 5. The fourth-order valence-corrected chi connectivity index (χ4v) is 3.38. The minimum Gasteiger partial charge on any atom is -0.506 e. The molecule has 2 aromatic carbocycles. The molecule has 0 amide bonds. The third-order valence-corrected chi connectivity index (χ3v) is 4.71. The highest BCUT2D eigenvalue weighted by Gasteiger charge is 2.32. The van der Waals surface area contributed by atoms with Gasteiger partial charge in [0.15, 0.2) is 0 Å². The van der Waals surface area contributed by atoms with Crippen LogP contribution in [0.1, 0.15) is 5.56 Å². The second kappa shape index (κ2) is 7.59. The van der Waals surface area contributed by atoms with E-state index in [2.05, 4.69) is 4.99 Å². The third kappa shape index (κ3) is 3.95. The summed E-state index contributed by atoms with van der Waals surface area (Å²) in [6, 6.07) is 16.4. The van der Waals surface area contributed by atoms with Crippen molar-refractivity contribution in [3.05, 3.63) is 81.4 Å². The molecule has 126 valence electrons. The Morgan fingerprint density at radius 1 is 1.16 bits per heavy atom. The number of esters is 1. The molecule has 1 N–H and O–H groups in total. The number of carbonyl (C=O) groups excluding carboxylic acids is 1. The lowest BCUT2D eigenvalue weighted by Gasteiger charge is -2.01. The van der Waals surface area contributed by atoms with Crippen molar-refractivity contribution >= 4 is 46.1 Å². The van der Waals surface area contributed by atoms with E-state index in [1.807, 2.05) is 42.5 Å². The van der Waals surface area contributed by atoms with Crippen LogP contribution in [-0.2, 0) is 9.53 Å². The number of aliphatic hydroxyl groups excluding tert-OH is 1. The van der Waals surface area contributed by atoms with E-state index >= 15 is 0 Å².